The number of hydrogen-bond donors (Lipinski definition) is 4. The minimum atomic E-state index is -0.376. The third kappa shape index (κ3) is 6.20. The number of amides is 4. The van der Waals surface area contributed by atoms with E-state index in [2.05, 4.69) is 21.3 Å². The van der Waals surface area contributed by atoms with Crippen molar-refractivity contribution >= 4 is 34.9 Å². The van der Waals surface area contributed by atoms with E-state index in [1.807, 2.05) is 18.2 Å². The number of urea groups is 1. The maximum Gasteiger partial charge on any atom is 0.323 e. The van der Waals surface area contributed by atoms with Gasteiger partial charge in [0.15, 0.2) is 0 Å². The van der Waals surface area contributed by atoms with E-state index < -0.39 is 0 Å². The minimum Gasteiger partial charge on any atom is -0.352 e. The van der Waals surface area contributed by atoms with Gasteiger partial charge in [-0.2, -0.15) is 0 Å². The van der Waals surface area contributed by atoms with Crippen molar-refractivity contribution in [2.45, 2.75) is 13.5 Å². The van der Waals surface area contributed by atoms with Gasteiger partial charge in [-0.15, -0.1) is 0 Å². The lowest BCUT2D eigenvalue weighted by Crippen LogP contribution is -2.19. The van der Waals surface area contributed by atoms with Crippen molar-refractivity contribution in [2.24, 2.45) is 0 Å². The van der Waals surface area contributed by atoms with Gasteiger partial charge in [-0.3, -0.25) is 9.59 Å². The van der Waals surface area contributed by atoms with Gasteiger partial charge in [0.1, 0.15) is 0 Å². The zero-order chi connectivity index (χ0) is 21.3. The van der Waals surface area contributed by atoms with Gasteiger partial charge >= 0.3 is 6.03 Å². The van der Waals surface area contributed by atoms with E-state index in [4.69, 9.17) is 0 Å². The fourth-order valence-electron chi connectivity index (χ4n) is 2.69. The number of rotatable bonds is 6. The summed E-state index contributed by atoms with van der Waals surface area (Å²) >= 11 is 0. The standard InChI is InChI=1S/C23H22N4O3/c1-16(28)24-15-17-10-12-18(13-11-17)22(29)25-20-8-5-9-21(14-20)27-23(30)26-19-6-3-2-4-7-19/h2-14H,15H2,1H3,(H,24,28)(H,25,29)(H2,26,27,30). The van der Waals surface area contributed by atoms with Crippen LogP contribution in [0.5, 0.6) is 0 Å². The van der Waals surface area contributed by atoms with Crippen LogP contribution >= 0.6 is 0 Å². The van der Waals surface area contributed by atoms with E-state index in [-0.39, 0.29) is 17.8 Å². The van der Waals surface area contributed by atoms with E-state index >= 15 is 0 Å². The van der Waals surface area contributed by atoms with Crippen LogP contribution < -0.4 is 21.3 Å². The van der Waals surface area contributed by atoms with Gasteiger partial charge in [0.05, 0.1) is 0 Å². The Hall–Kier alpha value is -4.13. The van der Waals surface area contributed by atoms with Crippen LogP contribution in [0.3, 0.4) is 0 Å². The van der Waals surface area contributed by atoms with E-state index in [9.17, 15) is 14.4 Å². The van der Waals surface area contributed by atoms with Crippen LogP contribution in [0.4, 0.5) is 21.9 Å². The van der Waals surface area contributed by atoms with Crippen molar-refractivity contribution in [3.63, 3.8) is 0 Å². The van der Waals surface area contributed by atoms with Crippen LogP contribution in [0.2, 0.25) is 0 Å². The molecule has 0 heterocycles. The largest absolute Gasteiger partial charge is 0.352 e. The van der Waals surface area contributed by atoms with Gasteiger partial charge in [0, 0.05) is 36.1 Å². The molecule has 3 aromatic carbocycles. The maximum atomic E-state index is 12.5. The summed E-state index contributed by atoms with van der Waals surface area (Å²) in [6.45, 7) is 1.87. The molecule has 7 nitrogen and oxygen atoms in total. The average Bonchev–Trinajstić information content (AvgIpc) is 2.73. The number of benzene rings is 3. The van der Waals surface area contributed by atoms with Crippen molar-refractivity contribution in [1.29, 1.82) is 0 Å². The molecular weight excluding hydrogens is 380 g/mol. The Labute approximate surface area is 174 Å². The van der Waals surface area contributed by atoms with Gasteiger partial charge in [0.2, 0.25) is 5.91 Å². The number of hydrogen-bond acceptors (Lipinski definition) is 3. The molecule has 0 bridgehead atoms. The Kier molecular flexibility index (Phi) is 6.78. The molecule has 0 aliphatic heterocycles. The van der Waals surface area contributed by atoms with Gasteiger partial charge in [0.25, 0.3) is 5.91 Å². The van der Waals surface area contributed by atoms with Crippen LogP contribution in [0, 0.1) is 0 Å². The zero-order valence-corrected chi connectivity index (χ0v) is 16.4. The third-order valence-corrected chi connectivity index (χ3v) is 4.17. The molecule has 0 aliphatic rings. The highest BCUT2D eigenvalue weighted by Crippen LogP contribution is 2.17. The summed E-state index contributed by atoms with van der Waals surface area (Å²) in [5.41, 5.74) is 3.17. The Morgan fingerprint density at radius 1 is 0.700 bits per heavy atom. The van der Waals surface area contributed by atoms with E-state index in [0.29, 0.717) is 29.2 Å². The number of para-hydroxylation sites is 1. The second kappa shape index (κ2) is 9.88. The summed E-state index contributed by atoms with van der Waals surface area (Å²) in [6.07, 6.45) is 0. The highest BCUT2D eigenvalue weighted by Gasteiger charge is 2.08. The van der Waals surface area contributed by atoms with Crippen molar-refractivity contribution in [1.82, 2.24) is 5.32 Å². The van der Waals surface area contributed by atoms with Gasteiger partial charge in [-0.05, 0) is 48.0 Å². The molecule has 0 fully saturated rings. The van der Waals surface area contributed by atoms with Crippen LogP contribution in [0.25, 0.3) is 0 Å². The maximum absolute atomic E-state index is 12.5. The Morgan fingerprint density at radius 2 is 1.30 bits per heavy atom. The fourth-order valence-corrected chi connectivity index (χ4v) is 2.69. The topological polar surface area (TPSA) is 99.3 Å². The molecule has 0 radical (unpaired) electrons. The summed E-state index contributed by atoms with van der Waals surface area (Å²) in [4.78, 5) is 35.6. The lowest BCUT2D eigenvalue weighted by atomic mass is 10.1. The first kappa shape index (κ1) is 20.6. The summed E-state index contributed by atoms with van der Waals surface area (Å²) in [5, 5.41) is 11.0. The molecule has 30 heavy (non-hydrogen) atoms. The van der Waals surface area contributed by atoms with Crippen LogP contribution in [-0.4, -0.2) is 17.8 Å². The summed E-state index contributed by atoms with van der Waals surface area (Å²) in [7, 11) is 0. The van der Waals surface area contributed by atoms with Crippen molar-refractivity contribution < 1.29 is 14.4 Å². The molecular formula is C23H22N4O3. The van der Waals surface area contributed by atoms with Gasteiger partial charge in [-0.25, -0.2) is 4.79 Å². The van der Waals surface area contributed by atoms with E-state index in [0.717, 1.165) is 5.56 Å². The normalized spacial score (nSPS) is 10.0. The van der Waals surface area contributed by atoms with Crippen LogP contribution in [-0.2, 0) is 11.3 Å². The summed E-state index contributed by atoms with van der Waals surface area (Å²) < 4.78 is 0. The fraction of sp³-hybridized carbons (Fsp3) is 0.0870. The molecule has 4 N–H and O–H groups in total. The number of nitrogens with one attached hydrogen (secondary N) is 4. The highest BCUT2D eigenvalue weighted by atomic mass is 16.2. The third-order valence-electron chi connectivity index (χ3n) is 4.17. The lowest BCUT2D eigenvalue weighted by molar-refractivity contribution is -0.119. The molecule has 0 unspecified atom stereocenters. The molecule has 3 rings (SSSR count). The first-order chi connectivity index (χ1) is 14.5. The van der Waals surface area contributed by atoms with Crippen molar-refractivity contribution in [3.05, 3.63) is 90.0 Å². The molecule has 152 valence electrons. The highest BCUT2D eigenvalue weighted by molar-refractivity contribution is 6.05. The van der Waals surface area contributed by atoms with Gasteiger partial charge in [-0.1, -0.05) is 36.4 Å². The Balaban J connectivity index is 1.58. The number of anilines is 3. The summed E-state index contributed by atoms with van der Waals surface area (Å²) in [6, 6.07) is 22.6. The molecule has 0 aliphatic carbocycles. The van der Waals surface area contributed by atoms with Crippen molar-refractivity contribution in [2.75, 3.05) is 16.0 Å². The number of carbonyl (C=O) groups is 3. The molecule has 0 atom stereocenters. The molecule has 0 aromatic heterocycles. The first-order valence-electron chi connectivity index (χ1n) is 9.37. The minimum absolute atomic E-state index is 0.109. The van der Waals surface area contributed by atoms with Crippen molar-refractivity contribution in [3.8, 4) is 0 Å². The van der Waals surface area contributed by atoms with E-state index in [1.54, 1.807) is 60.7 Å². The molecule has 0 saturated heterocycles. The van der Waals surface area contributed by atoms with Crippen LogP contribution in [0.15, 0.2) is 78.9 Å². The lowest BCUT2D eigenvalue weighted by Gasteiger charge is -2.10. The molecule has 7 heteroatoms. The van der Waals surface area contributed by atoms with Crippen LogP contribution in [0.1, 0.15) is 22.8 Å². The average molecular weight is 402 g/mol. The summed E-state index contributed by atoms with van der Waals surface area (Å²) in [5.74, 6) is -0.380. The monoisotopic (exact) mass is 402 g/mol. The predicted molar refractivity (Wildman–Crippen MR) is 117 cm³/mol. The Bertz CT molecular complexity index is 1030. The zero-order valence-electron chi connectivity index (χ0n) is 16.4. The smallest absolute Gasteiger partial charge is 0.323 e. The van der Waals surface area contributed by atoms with E-state index in [1.165, 1.54) is 6.92 Å². The Morgan fingerprint density at radius 3 is 1.97 bits per heavy atom. The molecule has 0 spiro atoms. The quantitative estimate of drug-likeness (QED) is 0.497. The molecule has 0 saturated carbocycles. The molecule has 4 amide bonds. The predicted octanol–water partition coefficient (Wildman–Crippen LogP) is 4.22. The first-order valence-corrected chi connectivity index (χ1v) is 9.37. The molecule has 3 aromatic rings. The second-order valence-electron chi connectivity index (χ2n) is 6.59. The second-order valence-corrected chi connectivity index (χ2v) is 6.59. The number of carbonyl (C=O) groups excluding carboxylic acids is 3. The SMILES string of the molecule is CC(=O)NCc1ccc(C(=O)Nc2cccc(NC(=O)Nc3ccccc3)c2)cc1. The van der Waals surface area contributed by atoms with Gasteiger partial charge < -0.3 is 21.3 Å².